The highest BCUT2D eigenvalue weighted by atomic mass is 19.1. The summed E-state index contributed by atoms with van der Waals surface area (Å²) in [5, 5.41) is 17.7. The van der Waals surface area contributed by atoms with Crippen molar-refractivity contribution in [2.45, 2.75) is 108 Å². The van der Waals surface area contributed by atoms with Gasteiger partial charge in [-0.25, -0.2) is 4.39 Å². The van der Waals surface area contributed by atoms with E-state index in [1.807, 2.05) is 127 Å². The van der Waals surface area contributed by atoms with Crippen molar-refractivity contribution in [3.05, 3.63) is 138 Å². The van der Waals surface area contributed by atoms with Crippen molar-refractivity contribution < 1.29 is 24.1 Å². The lowest BCUT2D eigenvalue weighted by atomic mass is 10.0. The van der Waals surface area contributed by atoms with Gasteiger partial charge in [-0.1, -0.05) is 114 Å². The molecule has 3 aromatic carbocycles. The van der Waals surface area contributed by atoms with E-state index >= 15 is 0 Å². The van der Waals surface area contributed by atoms with Crippen LogP contribution in [-0.4, -0.2) is 28.8 Å². The Morgan fingerprint density at radius 3 is 1.98 bits per heavy atom. The minimum Gasteiger partial charge on any atom is -0.513 e. The van der Waals surface area contributed by atoms with E-state index < -0.39 is 6.10 Å². The molecular weight excluding hydrogens is 650 g/mol. The third-order valence-electron chi connectivity index (χ3n) is 6.72. The average Bonchev–Trinajstić information content (AvgIpc) is 3.16. The zero-order chi connectivity index (χ0) is 40.5. The van der Waals surface area contributed by atoms with Crippen LogP contribution in [0, 0.1) is 18.7 Å². The molecule has 0 aliphatic carbocycles. The van der Waals surface area contributed by atoms with E-state index in [0.717, 1.165) is 34.6 Å². The summed E-state index contributed by atoms with van der Waals surface area (Å²) in [6.07, 6.45) is 17.6. The third kappa shape index (κ3) is 23.5. The molecule has 3 aromatic rings. The molecule has 1 amide bonds. The molecule has 52 heavy (non-hydrogen) atoms. The number of hydrogen-bond donors (Lipinski definition) is 2. The highest BCUT2D eigenvalue weighted by molar-refractivity contribution is 6.00. The number of amides is 1. The molecule has 286 valence electrons. The second kappa shape index (κ2) is 33.3. The topological polar surface area (TPSA) is 70.0 Å². The Morgan fingerprint density at radius 1 is 0.981 bits per heavy atom. The van der Waals surface area contributed by atoms with Crippen LogP contribution in [0.3, 0.4) is 0 Å². The standard InChI is InChI=1S/C16H20O.C10H11NO.C9H11FO.C5H10O.2C2H6.C2H2/c1-5-6-8-14(4)12-17-16-10-7-9-15(11-16)13(2)3;1-8-7-10(12)11(8)9-5-3-2-4-6-9;1-2-9(11)7-3-5-8(10)6-4-7;1-3-4-5(2)6;3*1-2/h5-11H,2,12H2,1,3-4H3;2-6,8H,7H2,1H3;3-6,9,11H,2H2,1H3;4,6H,3H2,1-2H3;2*1-2H3;1-2H/b6-5-,14-8+;;;5-4+;;;. The summed E-state index contributed by atoms with van der Waals surface area (Å²) in [5.41, 5.74) is 5.16. The molecule has 0 bridgehead atoms. The van der Waals surface area contributed by atoms with Gasteiger partial charge in [0.2, 0.25) is 5.91 Å². The van der Waals surface area contributed by atoms with E-state index in [4.69, 9.17) is 9.84 Å². The highest BCUT2D eigenvalue weighted by Crippen LogP contribution is 2.26. The molecule has 0 radical (unpaired) electrons. The smallest absolute Gasteiger partial charge is 0.229 e. The zero-order valence-electron chi connectivity index (χ0n) is 33.7. The number of hydrogen-bond acceptors (Lipinski definition) is 4. The van der Waals surface area contributed by atoms with Crippen LogP contribution in [-0.2, 0) is 4.79 Å². The molecule has 1 aliphatic heterocycles. The molecule has 5 nitrogen and oxygen atoms in total. The maximum atomic E-state index is 12.4. The molecule has 2 unspecified atom stereocenters. The minimum absolute atomic E-state index is 0.230. The summed E-state index contributed by atoms with van der Waals surface area (Å²) in [6, 6.07) is 24.1. The van der Waals surface area contributed by atoms with E-state index in [1.165, 1.54) is 17.7 Å². The van der Waals surface area contributed by atoms with Crippen LogP contribution in [0.5, 0.6) is 5.75 Å². The number of aliphatic hydroxyl groups excluding tert-OH is 2. The number of aliphatic hydroxyl groups is 2. The fraction of sp³-hybridized carbons (Fsp3) is 0.370. The van der Waals surface area contributed by atoms with Gasteiger partial charge in [0, 0.05) is 18.2 Å². The summed E-state index contributed by atoms with van der Waals surface area (Å²) in [7, 11) is 0. The maximum absolute atomic E-state index is 12.4. The Bertz CT molecular complexity index is 1450. The van der Waals surface area contributed by atoms with Gasteiger partial charge < -0.3 is 19.8 Å². The van der Waals surface area contributed by atoms with Gasteiger partial charge in [-0.05, 0) is 107 Å². The van der Waals surface area contributed by atoms with Crippen LogP contribution in [0.25, 0.3) is 5.57 Å². The van der Waals surface area contributed by atoms with Gasteiger partial charge in [-0.15, -0.1) is 12.8 Å². The number of anilines is 1. The van der Waals surface area contributed by atoms with Crippen LogP contribution in [0.15, 0.2) is 121 Å². The Kier molecular flexibility index (Phi) is 33.0. The highest BCUT2D eigenvalue weighted by Gasteiger charge is 2.33. The summed E-state index contributed by atoms with van der Waals surface area (Å²) in [6.45, 7) is 26.2. The molecule has 2 atom stereocenters. The molecule has 6 heteroatoms. The number of para-hydroxylation sites is 1. The van der Waals surface area contributed by atoms with Crippen molar-refractivity contribution >= 4 is 17.2 Å². The fourth-order valence-electron chi connectivity index (χ4n) is 4.14. The number of nitrogens with zero attached hydrogens (tertiary/aromatic N) is 1. The Morgan fingerprint density at radius 2 is 1.56 bits per heavy atom. The number of halogens is 1. The van der Waals surface area contributed by atoms with Gasteiger partial charge in [0.25, 0.3) is 0 Å². The van der Waals surface area contributed by atoms with E-state index in [2.05, 4.69) is 39.3 Å². The molecule has 4 rings (SSSR count). The van der Waals surface area contributed by atoms with Gasteiger partial charge in [-0.2, -0.15) is 0 Å². The summed E-state index contributed by atoms with van der Waals surface area (Å²) in [5.74, 6) is 1.27. The van der Waals surface area contributed by atoms with Gasteiger partial charge in [0.1, 0.15) is 18.2 Å². The number of carbonyl (C=O) groups is 1. The number of ether oxygens (including phenoxy) is 1. The number of benzene rings is 3. The Labute approximate surface area is 316 Å². The second-order valence-electron chi connectivity index (χ2n) is 11.0. The summed E-state index contributed by atoms with van der Waals surface area (Å²) >= 11 is 0. The first kappa shape index (κ1) is 51.5. The van der Waals surface area contributed by atoms with Crippen LogP contribution >= 0.6 is 0 Å². The Balaban J connectivity index is -0.000000611. The lowest BCUT2D eigenvalue weighted by molar-refractivity contribution is -0.123. The van der Waals surface area contributed by atoms with Crippen LogP contribution in [0.4, 0.5) is 10.1 Å². The lowest BCUT2D eigenvalue weighted by Gasteiger charge is -2.38. The molecule has 2 N–H and O–H groups in total. The van der Waals surface area contributed by atoms with E-state index in [9.17, 15) is 14.3 Å². The van der Waals surface area contributed by atoms with Crippen molar-refractivity contribution in [1.29, 1.82) is 0 Å². The first-order valence-corrected chi connectivity index (χ1v) is 18.1. The molecule has 0 spiro atoms. The molecule has 1 fully saturated rings. The monoisotopic (exact) mass is 715 g/mol. The summed E-state index contributed by atoms with van der Waals surface area (Å²) < 4.78 is 18.1. The Hall–Kier alpha value is -4.86. The number of allylic oxidation sites excluding steroid dienone is 6. The first-order valence-electron chi connectivity index (χ1n) is 18.1. The van der Waals surface area contributed by atoms with Crippen molar-refractivity contribution in [3.63, 3.8) is 0 Å². The molecule has 0 aromatic heterocycles. The van der Waals surface area contributed by atoms with Gasteiger partial charge in [0.05, 0.1) is 11.9 Å². The van der Waals surface area contributed by atoms with Crippen molar-refractivity contribution in [3.8, 4) is 18.6 Å². The van der Waals surface area contributed by atoms with Gasteiger partial charge >= 0.3 is 0 Å². The predicted octanol–water partition coefficient (Wildman–Crippen LogP) is 12.9. The van der Waals surface area contributed by atoms with E-state index in [1.54, 1.807) is 25.1 Å². The number of carbonyl (C=O) groups excluding carboxylic acids is 1. The quantitative estimate of drug-likeness (QED) is 0.100. The zero-order valence-corrected chi connectivity index (χ0v) is 33.7. The minimum atomic E-state index is -0.462. The lowest BCUT2D eigenvalue weighted by Crippen LogP contribution is -2.51. The van der Waals surface area contributed by atoms with Gasteiger partial charge in [0.15, 0.2) is 0 Å². The van der Waals surface area contributed by atoms with Crippen LogP contribution < -0.4 is 9.64 Å². The fourth-order valence-corrected chi connectivity index (χ4v) is 4.14. The third-order valence-corrected chi connectivity index (χ3v) is 6.72. The first-order chi connectivity index (χ1) is 24.9. The second-order valence-corrected chi connectivity index (χ2v) is 11.0. The molecule has 1 saturated heterocycles. The van der Waals surface area contributed by atoms with Crippen molar-refractivity contribution in [1.82, 2.24) is 0 Å². The largest absolute Gasteiger partial charge is 0.513 e. The number of rotatable bonds is 9. The predicted molar refractivity (Wildman–Crippen MR) is 224 cm³/mol. The summed E-state index contributed by atoms with van der Waals surface area (Å²) in [4.78, 5) is 13.0. The average molecular weight is 716 g/mol. The number of terminal acetylenes is 1. The SMILES string of the molecule is C#C.C=C(C)c1cccc(OC/C(C)=C/C=C\C)c1.CC.CC.CC/C=C(\C)O.CC1CC(=O)N1c1ccccc1.CCC(O)c1ccc(F)cc1. The van der Waals surface area contributed by atoms with Gasteiger partial charge in [-0.3, -0.25) is 4.79 Å². The van der Waals surface area contributed by atoms with Crippen LogP contribution in [0.1, 0.15) is 113 Å². The number of β-lactam (4-membered cyclic amide) rings is 1. The molecular formula is C46H66FNO4. The molecule has 1 heterocycles. The normalized spacial score (nSPS) is 13.4. The van der Waals surface area contributed by atoms with Crippen molar-refractivity contribution in [2.24, 2.45) is 0 Å². The molecule has 0 saturated carbocycles. The van der Waals surface area contributed by atoms with Crippen LogP contribution in [0.2, 0.25) is 0 Å². The van der Waals surface area contributed by atoms with E-state index in [-0.39, 0.29) is 11.7 Å². The van der Waals surface area contributed by atoms with E-state index in [0.29, 0.717) is 31.2 Å². The molecule has 1 aliphatic rings. The van der Waals surface area contributed by atoms with Crippen molar-refractivity contribution in [2.75, 3.05) is 11.5 Å². The maximum Gasteiger partial charge on any atom is 0.229 e.